The van der Waals surface area contributed by atoms with Gasteiger partial charge in [0.15, 0.2) is 5.78 Å². The standard InChI is InChI=1S/C16H14O5/c1-10(17)11-3-5-12(6-4-11)21-15-8-7-13(20-2)9-14(15)16(18)19/h3-9H,1-2H3,(H,18,19). The van der Waals surface area contributed by atoms with E-state index in [-0.39, 0.29) is 17.1 Å². The van der Waals surface area contributed by atoms with Crippen molar-refractivity contribution in [3.8, 4) is 17.2 Å². The van der Waals surface area contributed by atoms with Crippen LogP contribution >= 0.6 is 0 Å². The molecule has 0 aromatic heterocycles. The predicted octanol–water partition coefficient (Wildman–Crippen LogP) is 3.39. The Labute approximate surface area is 121 Å². The molecule has 0 amide bonds. The fraction of sp³-hybridized carbons (Fsp3) is 0.125. The number of Topliss-reactive ketones (excluding diaryl/α,β-unsaturated/α-hetero) is 1. The van der Waals surface area contributed by atoms with Gasteiger partial charge in [0.05, 0.1) is 7.11 Å². The van der Waals surface area contributed by atoms with Crippen LogP contribution in [0.4, 0.5) is 0 Å². The highest BCUT2D eigenvalue weighted by molar-refractivity contribution is 5.94. The van der Waals surface area contributed by atoms with Crippen molar-refractivity contribution in [1.29, 1.82) is 0 Å². The Morgan fingerprint density at radius 2 is 1.62 bits per heavy atom. The minimum atomic E-state index is -1.11. The van der Waals surface area contributed by atoms with Crippen LogP contribution in [0.15, 0.2) is 42.5 Å². The summed E-state index contributed by atoms with van der Waals surface area (Å²) in [6.07, 6.45) is 0. The number of carbonyl (C=O) groups excluding carboxylic acids is 1. The van der Waals surface area contributed by atoms with Crippen LogP contribution in [-0.2, 0) is 0 Å². The van der Waals surface area contributed by atoms with Gasteiger partial charge in [-0.3, -0.25) is 4.79 Å². The number of rotatable bonds is 5. The summed E-state index contributed by atoms with van der Waals surface area (Å²) in [6, 6.07) is 11.0. The molecule has 0 saturated carbocycles. The number of carboxylic acids is 1. The Kier molecular flexibility index (Phi) is 4.23. The van der Waals surface area contributed by atoms with Crippen LogP contribution in [0.25, 0.3) is 0 Å². The molecule has 2 aromatic carbocycles. The molecule has 0 bridgehead atoms. The lowest BCUT2D eigenvalue weighted by atomic mass is 10.1. The molecule has 0 heterocycles. The van der Waals surface area contributed by atoms with Gasteiger partial charge in [-0.15, -0.1) is 0 Å². The van der Waals surface area contributed by atoms with Gasteiger partial charge in [0.1, 0.15) is 22.8 Å². The van der Waals surface area contributed by atoms with Gasteiger partial charge in [-0.1, -0.05) is 0 Å². The lowest BCUT2D eigenvalue weighted by Gasteiger charge is -2.10. The average Bonchev–Trinajstić information content (AvgIpc) is 2.48. The van der Waals surface area contributed by atoms with Crippen molar-refractivity contribution in [1.82, 2.24) is 0 Å². The molecular weight excluding hydrogens is 272 g/mol. The average molecular weight is 286 g/mol. The van der Waals surface area contributed by atoms with Crippen LogP contribution in [0, 0.1) is 0 Å². The largest absolute Gasteiger partial charge is 0.497 e. The van der Waals surface area contributed by atoms with Gasteiger partial charge in [-0.25, -0.2) is 4.79 Å². The van der Waals surface area contributed by atoms with E-state index >= 15 is 0 Å². The Hall–Kier alpha value is -2.82. The number of methoxy groups -OCH3 is 1. The third kappa shape index (κ3) is 3.39. The summed E-state index contributed by atoms with van der Waals surface area (Å²) in [7, 11) is 1.46. The first kappa shape index (κ1) is 14.6. The van der Waals surface area contributed by atoms with E-state index in [0.717, 1.165) is 0 Å². The fourth-order valence-electron chi connectivity index (χ4n) is 1.78. The lowest BCUT2D eigenvalue weighted by molar-refractivity contribution is 0.0693. The summed E-state index contributed by atoms with van der Waals surface area (Å²) >= 11 is 0. The zero-order valence-corrected chi connectivity index (χ0v) is 11.6. The summed E-state index contributed by atoms with van der Waals surface area (Å²) in [6.45, 7) is 1.47. The van der Waals surface area contributed by atoms with Crippen LogP contribution in [-0.4, -0.2) is 24.0 Å². The van der Waals surface area contributed by atoms with E-state index < -0.39 is 5.97 Å². The first-order chi connectivity index (χ1) is 10.0. The maximum absolute atomic E-state index is 11.2. The fourth-order valence-corrected chi connectivity index (χ4v) is 1.78. The van der Waals surface area contributed by atoms with Crippen LogP contribution in [0.3, 0.4) is 0 Å². The zero-order valence-electron chi connectivity index (χ0n) is 11.6. The van der Waals surface area contributed by atoms with Crippen molar-refractivity contribution in [2.75, 3.05) is 7.11 Å². The van der Waals surface area contributed by atoms with Gasteiger partial charge >= 0.3 is 5.97 Å². The maximum atomic E-state index is 11.2. The Balaban J connectivity index is 2.30. The molecule has 0 aliphatic heterocycles. The smallest absolute Gasteiger partial charge is 0.339 e. The number of carbonyl (C=O) groups is 2. The van der Waals surface area contributed by atoms with Crippen LogP contribution in [0.2, 0.25) is 0 Å². The van der Waals surface area contributed by atoms with Gasteiger partial charge < -0.3 is 14.6 Å². The van der Waals surface area contributed by atoms with E-state index in [9.17, 15) is 14.7 Å². The summed E-state index contributed by atoms with van der Waals surface area (Å²) in [5.41, 5.74) is 0.570. The second-order valence-electron chi connectivity index (χ2n) is 4.35. The number of carboxylic acid groups (broad SMARTS) is 1. The molecule has 0 atom stereocenters. The Morgan fingerprint density at radius 1 is 1.00 bits per heavy atom. The number of benzene rings is 2. The first-order valence-corrected chi connectivity index (χ1v) is 6.21. The molecule has 0 fully saturated rings. The highest BCUT2D eigenvalue weighted by Crippen LogP contribution is 2.29. The SMILES string of the molecule is COc1ccc(Oc2ccc(C(C)=O)cc2)c(C(=O)O)c1. The van der Waals surface area contributed by atoms with E-state index in [1.54, 1.807) is 30.3 Å². The maximum Gasteiger partial charge on any atom is 0.339 e. The highest BCUT2D eigenvalue weighted by Gasteiger charge is 2.13. The number of ketones is 1. The minimum Gasteiger partial charge on any atom is -0.497 e. The minimum absolute atomic E-state index is 0.00462. The number of hydrogen-bond acceptors (Lipinski definition) is 4. The summed E-state index contributed by atoms with van der Waals surface area (Å²) < 4.78 is 10.6. The predicted molar refractivity (Wildman–Crippen MR) is 76.5 cm³/mol. The molecule has 108 valence electrons. The summed E-state index contributed by atoms with van der Waals surface area (Å²) in [4.78, 5) is 22.4. The molecule has 5 nitrogen and oxygen atoms in total. The molecular formula is C16H14O5. The van der Waals surface area contributed by atoms with Gasteiger partial charge in [-0.2, -0.15) is 0 Å². The molecule has 0 spiro atoms. The van der Waals surface area contributed by atoms with E-state index in [1.165, 1.54) is 26.2 Å². The van der Waals surface area contributed by atoms with E-state index in [1.807, 2.05) is 0 Å². The molecule has 0 unspecified atom stereocenters. The topological polar surface area (TPSA) is 72.8 Å². The van der Waals surface area contributed by atoms with Crippen molar-refractivity contribution < 1.29 is 24.2 Å². The molecule has 2 aromatic rings. The van der Waals surface area contributed by atoms with Crippen LogP contribution in [0.1, 0.15) is 27.6 Å². The van der Waals surface area contributed by atoms with Crippen LogP contribution < -0.4 is 9.47 Å². The molecule has 0 radical (unpaired) electrons. The van der Waals surface area contributed by atoms with Gasteiger partial charge in [0.2, 0.25) is 0 Å². The van der Waals surface area contributed by atoms with Crippen molar-refractivity contribution in [2.45, 2.75) is 6.92 Å². The first-order valence-electron chi connectivity index (χ1n) is 6.21. The number of ether oxygens (including phenoxy) is 2. The second kappa shape index (κ2) is 6.09. The summed E-state index contributed by atoms with van der Waals surface area (Å²) in [5, 5.41) is 9.20. The summed E-state index contributed by atoms with van der Waals surface area (Å²) in [5.74, 6) is -0.0558. The normalized spacial score (nSPS) is 10.0. The zero-order chi connectivity index (χ0) is 15.4. The van der Waals surface area contributed by atoms with Gasteiger partial charge in [0.25, 0.3) is 0 Å². The molecule has 2 rings (SSSR count). The van der Waals surface area contributed by atoms with Crippen molar-refractivity contribution in [3.05, 3.63) is 53.6 Å². The number of aromatic carboxylic acids is 1. The molecule has 0 aliphatic rings. The Morgan fingerprint density at radius 3 is 2.14 bits per heavy atom. The highest BCUT2D eigenvalue weighted by atomic mass is 16.5. The third-order valence-electron chi connectivity index (χ3n) is 2.91. The van der Waals surface area contributed by atoms with Gasteiger partial charge in [-0.05, 0) is 49.4 Å². The van der Waals surface area contributed by atoms with E-state index in [2.05, 4.69) is 0 Å². The third-order valence-corrected chi connectivity index (χ3v) is 2.91. The monoisotopic (exact) mass is 286 g/mol. The molecule has 0 aliphatic carbocycles. The van der Waals surface area contributed by atoms with E-state index in [4.69, 9.17) is 9.47 Å². The van der Waals surface area contributed by atoms with Crippen LogP contribution in [0.5, 0.6) is 17.2 Å². The van der Waals surface area contributed by atoms with Gasteiger partial charge in [0, 0.05) is 5.56 Å². The Bertz CT molecular complexity index is 674. The molecule has 1 N–H and O–H groups in total. The molecule has 5 heteroatoms. The molecule has 21 heavy (non-hydrogen) atoms. The number of hydrogen-bond donors (Lipinski definition) is 1. The quantitative estimate of drug-likeness (QED) is 0.853. The lowest BCUT2D eigenvalue weighted by Crippen LogP contribution is -2.01. The molecule has 0 saturated heterocycles. The van der Waals surface area contributed by atoms with E-state index in [0.29, 0.717) is 17.1 Å². The van der Waals surface area contributed by atoms with Crippen molar-refractivity contribution >= 4 is 11.8 Å². The van der Waals surface area contributed by atoms with Crippen molar-refractivity contribution in [3.63, 3.8) is 0 Å². The second-order valence-corrected chi connectivity index (χ2v) is 4.35. The van der Waals surface area contributed by atoms with Crippen molar-refractivity contribution in [2.24, 2.45) is 0 Å².